The van der Waals surface area contributed by atoms with Crippen LogP contribution in [0.15, 0.2) is 36.4 Å². The normalized spacial score (nSPS) is 13.3. The van der Waals surface area contributed by atoms with Crippen LogP contribution in [0.25, 0.3) is 16.8 Å². The fraction of sp³-hybridized carbons (Fsp3) is 0.250. The van der Waals surface area contributed by atoms with Gasteiger partial charge in [-0.25, -0.2) is 0 Å². The Kier molecular flexibility index (Phi) is 2.82. The molecule has 0 atom stereocenters. The van der Waals surface area contributed by atoms with Crippen molar-refractivity contribution in [2.75, 3.05) is 0 Å². The van der Waals surface area contributed by atoms with Crippen LogP contribution < -0.4 is 0 Å². The molecule has 82 valence electrons. The van der Waals surface area contributed by atoms with Crippen LogP contribution >= 0.6 is 0 Å². The highest BCUT2D eigenvalue weighted by Gasteiger charge is 2.05. The Morgan fingerprint density at radius 2 is 1.88 bits per heavy atom. The maximum Gasteiger partial charge on any atom is -0.0175 e. The first-order valence-corrected chi connectivity index (χ1v) is 5.53. The van der Waals surface area contributed by atoms with Crippen LogP contribution in [0.2, 0.25) is 0 Å². The van der Waals surface area contributed by atoms with Crippen LogP contribution in [0.5, 0.6) is 0 Å². The molecule has 3 rings (SSSR count). The zero-order valence-corrected chi connectivity index (χ0v) is 8.96. The van der Waals surface area contributed by atoms with E-state index < -0.39 is 0 Å². The number of benzene rings is 2. The van der Waals surface area contributed by atoms with E-state index in [1.807, 2.05) is 0 Å². The quantitative estimate of drug-likeness (QED) is 0.589. The second-order valence-electron chi connectivity index (χ2n) is 4.34. The van der Waals surface area contributed by atoms with Crippen molar-refractivity contribution in [1.82, 2.24) is 0 Å². The van der Waals surface area contributed by atoms with Crippen molar-refractivity contribution >= 4 is 16.8 Å². The average Bonchev–Trinajstić information content (AvgIpc) is 2.26. The van der Waals surface area contributed by atoms with Crippen molar-refractivity contribution < 1.29 is 0 Å². The molecular formula is C16H18. The van der Waals surface area contributed by atoms with Gasteiger partial charge >= 0.3 is 0 Å². The van der Waals surface area contributed by atoms with Crippen molar-refractivity contribution in [3.63, 3.8) is 0 Å². The minimum atomic E-state index is 0. The summed E-state index contributed by atoms with van der Waals surface area (Å²) < 4.78 is 0. The molecule has 0 heterocycles. The highest BCUT2D eigenvalue weighted by Crippen LogP contribution is 2.25. The minimum absolute atomic E-state index is 0. The first kappa shape index (κ1) is 10.9. The highest BCUT2D eigenvalue weighted by atomic mass is 14.1. The molecule has 0 radical (unpaired) electrons. The number of rotatable bonds is 0. The molecule has 0 saturated heterocycles. The molecule has 0 bridgehead atoms. The molecule has 0 N–H and O–H groups in total. The maximum atomic E-state index is 2.34. The van der Waals surface area contributed by atoms with Gasteiger partial charge in [-0.1, -0.05) is 49.4 Å². The second-order valence-corrected chi connectivity index (χ2v) is 4.34. The molecule has 1 aliphatic carbocycles. The molecule has 0 fully saturated rings. The monoisotopic (exact) mass is 210 g/mol. The van der Waals surface area contributed by atoms with Gasteiger partial charge in [-0.05, 0) is 47.7 Å². The standard InChI is InChI=1S/C15H14.CH4/c1-11-6-7-14-9-12-4-2-3-5-13(12)10-15(14)8-11;/h3,5-10H,2,4H2,1H3;1H4. The third-order valence-corrected chi connectivity index (χ3v) is 3.13. The predicted octanol–water partition coefficient (Wildman–Crippen LogP) is 4.74. The summed E-state index contributed by atoms with van der Waals surface area (Å²) in [7, 11) is 0. The van der Waals surface area contributed by atoms with E-state index >= 15 is 0 Å². The topological polar surface area (TPSA) is 0 Å². The SMILES string of the molecule is C.Cc1ccc2cc3c(cc2c1)C=CCC3. The molecular weight excluding hydrogens is 192 g/mol. The maximum absolute atomic E-state index is 2.34. The third-order valence-electron chi connectivity index (χ3n) is 3.13. The second kappa shape index (κ2) is 4.13. The molecule has 0 amide bonds. The molecule has 0 aromatic heterocycles. The largest absolute Gasteiger partial charge is 0.0836 e. The van der Waals surface area contributed by atoms with Gasteiger partial charge in [0.1, 0.15) is 0 Å². The Hall–Kier alpha value is -1.56. The van der Waals surface area contributed by atoms with Crippen molar-refractivity contribution in [3.05, 3.63) is 53.1 Å². The van der Waals surface area contributed by atoms with Crippen molar-refractivity contribution in [1.29, 1.82) is 0 Å². The van der Waals surface area contributed by atoms with Gasteiger partial charge in [0, 0.05) is 0 Å². The molecule has 1 aliphatic rings. The van der Waals surface area contributed by atoms with E-state index in [1.54, 1.807) is 0 Å². The predicted molar refractivity (Wildman–Crippen MR) is 72.8 cm³/mol. The van der Waals surface area contributed by atoms with E-state index in [4.69, 9.17) is 0 Å². The van der Waals surface area contributed by atoms with Crippen LogP contribution in [0.1, 0.15) is 30.5 Å². The van der Waals surface area contributed by atoms with Crippen LogP contribution in [0.3, 0.4) is 0 Å². The smallest absolute Gasteiger partial charge is 0.0175 e. The lowest BCUT2D eigenvalue weighted by Gasteiger charge is -2.12. The summed E-state index contributed by atoms with van der Waals surface area (Å²) in [6.45, 7) is 2.15. The molecule has 0 heteroatoms. The van der Waals surface area contributed by atoms with Gasteiger partial charge in [-0.15, -0.1) is 0 Å². The summed E-state index contributed by atoms with van der Waals surface area (Å²) >= 11 is 0. The van der Waals surface area contributed by atoms with Gasteiger partial charge in [0.15, 0.2) is 0 Å². The number of hydrogen-bond donors (Lipinski definition) is 0. The zero-order chi connectivity index (χ0) is 10.3. The molecule has 2 aromatic rings. The zero-order valence-electron chi connectivity index (χ0n) is 8.96. The Morgan fingerprint density at radius 3 is 2.75 bits per heavy atom. The summed E-state index contributed by atoms with van der Waals surface area (Å²) in [6.07, 6.45) is 6.89. The fourth-order valence-electron chi connectivity index (χ4n) is 2.30. The first-order chi connectivity index (χ1) is 7.33. The summed E-state index contributed by atoms with van der Waals surface area (Å²) in [5.74, 6) is 0. The third kappa shape index (κ3) is 1.76. The van der Waals surface area contributed by atoms with E-state index in [0.717, 1.165) is 0 Å². The van der Waals surface area contributed by atoms with Crippen molar-refractivity contribution in [2.45, 2.75) is 27.2 Å². The summed E-state index contributed by atoms with van der Waals surface area (Å²) in [4.78, 5) is 0. The summed E-state index contributed by atoms with van der Waals surface area (Å²) in [6, 6.07) is 11.3. The van der Waals surface area contributed by atoms with Crippen LogP contribution in [-0.2, 0) is 6.42 Å². The lowest BCUT2D eigenvalue weighted by Crippen LogP contribution is -1.93. The molecule has 2 aromatic carbocycles. The number of aryl methyl sites for hydroxylation is 2. The van der Waals surface area contributed by atoms with E-state index in [9.17, 15) is 0 Å². The Bertz CT molecular complexity index is 547. The van der Waals surface area contributed by atoms with E-state index in [1.165, 1.54) is 40.3 Å². The first-order valence-electron chi connectivity index (χ1n) is 5.53. The van der Waals surface area contributed by atoms with Gasteiger partial charge in [0.2, 0.25) is 0 Å². The summed E-state index contributed by atoms with van der Waals surface area (Å²) in [5.41, 5.74) is 4.23. The lowest BCUT2D eigenvalue weighted by atomic mass is 9.93. The van der Waals surface area contributed by atoms with Gasteiger partial charge in [-0.3, -0.25) is 0 Å². The average molecular weight is 210 g/mol. The number of hydrogen-bond acceptors (Lipinski definition) is 0. The summed E-state index contributed by atoms with van der Waals surface area (Å²) in [5, 5.41) is 2.73. The Labute approximate surface area is 97.6 Å². The Balaban J connectivity index is 0.000000963. The number of fused-ring (bicyclic) bond motifs is 2. The van der Waals surface area contributed by atoms with Crippen LogP contribution in [0, 0.1) is 6.92 Å². The molecule has 16 heavy (non-hydrogen) atoms. The molecule has 0 saturated carbocycles. The Morgan fingerprint density at radius 1 is 1.00 bits per heavy atom. The van der Waals surface area contributed by atoms with Gasteiger partial charge < -0.3 is 0 Å². The number of allylic oxidation sites excluding steroid dienone is 1. The molecule has 0 spiro atoms. The van der Waals surface area contributed by atoms with Crippen LogP contribution in [0.4, 0.5) is 0 Å². The van der Waals surface area contributed by atoms with E-state index in [0.29, 0.717) is 0 Å². The molecule has 0 nitrogen and oxygen atoms in total. The minimum Gasteiger partial charge on any atom is -0.0836 e. The van der Waals surface area contributed by atoms with Gasteiger partial charge in [0.05, 0.1) is 0 Å². The molecule has 0 aliphatic heterocycles. The lowest BCUT2D eigenvalue weighted by molar-refractivity contribution is 0.989. The van der Waals surface area contributed by atoms with Gasteiger partial charge in [-0.2, -0.15) is 0 Å². The molecule has 0 unspecified atom stereocenters. The van der Waals surface area contributed by atoms with Crippen LogP contribution in [-0.4, -0.2) is 0 Å². The van der Waals surface area contributed by atoms with Gasteiger partial charge in [0.25, 0.3) is 0 Å². The highest BCUT2D eigenvalue weighted by molar-refractivity contribution is 5.87. The van der Waals surface area contributed by atoms with E-state index in [2.05, 4.69) is 49.4 Å². The van der Waals surface area contributed by atoms with Crippen molar-refractivity contribution in [2.24, 2.45) is 0 Å². The van der Waals surface area contributed by atoms with E-state index in [-0.39, 0.29) is 7.43 Å². The fourth-order valence-corrected chi connectivity index (χ4v) is 2.30. The van der Waals surface area contributed by atoms with Crippen molar-refractivity contribution in [3.8, 4) is 0 Å².